The van der Waals surface area contributed by atoms with Gasteiger partial charge in [-0.15, -0.1) is 0 Å². The highest BCUT2D eigenvalue weighted by atomic mass is 16.7. The van der Waals surface area contributed by atoms with Gasteiger partial charge in [0.25, 0.3) is 0 Å². The van der Waals surface area contributed by atoms with Gasteiger partial charge in [-0.05, 0) is 45.0 Å². The molecule has 4 aromatic rings. The molecule has 2 heterocycles. The lowest BCUT2D eigenvalue weighted by atomic mass is 10.2. The van der Waals surface area contributed by atoms with Crippen LogP contribution in [0.25, 0.3) is 33.5 Å². The van der Waals surface area contributed by atoms with E-state index in [4.69, 9.17) is 13.9 Å². The molecule has 4 rings (SSSR count). The highest BCUT2D eigenvalue weighted by Gasteiger charge is 2.25. The predicted molar refractivity (Wildman–Crippen MR) is 102 cm³/mol. The van der Waals surface area contributed by atoms with Crippen LogP contribution < -0.4 is 4.74 Å². The number of nitrogens with zero attached hydrogens (tertiary/aromatic N) is 2. The van der Waals surface area contributed by atoms with Gasteiger partial charge in [-0.3, -0.25) is 4.98 Å². The van der Waals surface area contributed by atoms with E-state index in [1.807, 2.05) is 42.5 Å². The summed E-state index contributed by atoms with van der Waals surface area (Å²) in [7, 11) is 0. The van der Waals surface area contributed by atoms with Crippen LogP contribution in [0.15, 0.2) is 59.1 Å². The summed E-state index contributed by atoms with van der Waals surface area (Å²) in [6, 6.07) is 14.8. The minimum atomic E-state index is -0.802. The second-order valence-electron chi connectivity index (χ2n) is 7.07. The first kappa shape index (κ1) is 17.0. The zero-order valence-corrected chi connectivity index (χ0v) is 15.2. The summed E-state index contributed by atoms with van der Waals surface area (Å²) in [4.78, 5) is 21.3. The van der Waals surface area contributed by atoms with Gasteiger partial charge in [-0.25, -0.2) is 9.78 Å². The molecular weight excluding hydrogens is 344 g/mol. The van der Waals surface area contributed by atoms with Crippen molar-refractivity contribution in [3.63, 3.8) is 0 Å². The zero-order valence-electron chi connectivity index (χ0n) is 15.2. The summed E-state index contributed by atoms with van der Waals surface area (Å²) in [5.41, 5.74) is 1.88. The van der Waals surface area contributed by atoms with Crippen LogP contribution in [0, 0.1) is 0 Å². The fraction of sp³-hybridized carbons (Fsp3) is 0.190. The Morgan fingerprint density at radius 2 is 1.70 bits per heavy atom. The van der Waals surface area contributed by atoms with Crippen molar-refractivity contribution in [1.82, 2.24) is 9.97 Å². The predicted octanol–water partition coefficient (Wildman–Crippen LogP) is 5.36. The van der Waals surface area contributed by atoms with E-state index in [0.717, 1.165) is 11.0 Å². The van der Waals surface area contributed by atoms with E-state index in [1.54, 1.807) is 33.0 Å². The Kier molecular flexibility index (Phi) is 4.03. The maximum Gasteiger partial charge on any atom is 0.514 e. The quantitative estimate of drug-likeness (QED) is 0.447. The number of ether oxygens (including phenoxy) is 2. The van der Waals surface area contributed by atoms with Gasteiger partial charge in [0.05, 0.1) is 22.6 Å². The molecule has 0 aliphatic rings. The molecule has 0 saturated carbocycles. The van der Waals surface area contributed by atoms with Crippen LogP contribution in [0.1, 0.15) is 20.8 Å². The van der Waals surface area contributed by atoms with Crippen LogP contribution in [-0.2, 0) is 4.74 Å². The topological polar surface area (TPSA) is 74.5 Å². The minimum absolute atomic E-state index is 0.268. The van der Waals surface area contributed by atoms with Crippen molar-refractivity contribution in [3.05, 3.63) is 54.7 Å². The van der Waals surface area contributed by atoms with Gasteiger partial charge in [-0.2, -0.15) is 0 Å². The normalized spacial score (nSPS) is 11.7. The molecule has 6 nitrogen and oxygen atoms in total. The molecular formula is C21H18N2O4. The Morgan fingerprint density at radius 1 is 1.00 bits per heavy atom. The summed E-state index contributed by atoms with van der Waals surface area (Å²) in [6.07, 6.45) is 0.797. The molecule has 2 aromatic heterocycles. The molecule has 0 fully saturated rings. The van der Waals surface area contributed by atoms with Crippen LogP contribution in [0.5, 0.6) is 5.75 Å². The van der Waals surface area contributed by atoms with Crippen LogP contribution in [0.2, 0.25) is 0 Å². The van der Waals surface area contributed by atoms with E-state index < -0.39 is 11.8 Å². The highest BCUT2D eigenvalue weighted by Crippen LogP contribution is 2.39. The summed E-state index contributed by atoms with van der Waals surface area (Å²) in [5, 5.41) is 0.660. The Balaban J connectivity index is 1.82. The summed E-state index contributed by atoms with van der Waals surface area (Å²) < 4.78 is 16.7. The minimum Gasteiger partial charge on any atom is -0.450 e. The van der Waals surface area contributed by atoms with Gasteiger partial charge in [0.1, 0.15) is 16.9 Å². The van der Waals surface area contributed by atoms with E-state index in [2.05, 4.69) is 9.97 Å². The number of fused-ring (bicyclic) bond motifs is 2. The first-order valence-electron chi connectivity index (χ1n) is 8.55. The number of carbonyl (C=O) groups excluding carboxylic acids is 1. The lowest BCUT2D eigenvalue weighted by Gasteiger charge is -2.18. The van der Waals surface area contributed by atoms with Crippen molar-refractivity contribution >= 4 is 28.2 Å². The first-order valence-corrected chi connectivity index (χ1v) is 8.55. The molecule has 0 spiro atoms. The third kappa shape index (κ3) is 3.46. The smallest absolute Gasteiger partial charge is 0.450 e. The van der Waals surface area contributed by atoms with Gasteiger partial charge in [0.2, 0.25) is 0 Å². The fourth-order valence-electron chi connectivity index (χ4n) is 2.71. The number of carbonyl (C=O) groups is 1. The highest BCUT2D eigenvalue weighted by molar-refractivity contribution is 5.93. The van der Waals surface area contributed by atoms with Crippen molar-refractivity contribution in [2.75, 3.05) is 0 Å². The molecule has 0 saturated heterocycles. The number of hydrogen-bond acceptors (Lipinski definition) is 6. The maximum atomic E-state index is 12.2. The van der Waals surface area contributed by atoms with Crippen molar-refractivity contribution in [2.45, 2.75) is 26.4 Å². The standard InChI is InChI=1S/C21H18N2O4/c1-21(2,3)27-20(24)26-18-13-8-4-7-11-17(13)25-19(18)16-12-22-14-9-5-6-10-15(14)23-16/h4-12H,1-3H3. The number of rotatable bonds is 2. The van der Waals surface area contributed by atoms with Crippen molar-refractivity contribution in [2.24, 2.45) is 0 Å². The third-order valence-corrected chi connectivity index (χ3v) is 3.81. The van der Waals surface area contributed by atoms with E-state index >= 15 is 0 Å². The summed E-state index contributed by atoms with van der Waals surface area (Å²) in [6.45, 7) is 5.33. The lowest BCUT2D eigenvalue weighted by Crippen LogP contribution is -2.26. The van der Waals surface area contributed by atoms with Crippen molar-refractivity contribution in [3.8, 4) is 17.2 Å². The molecule has 6 heteroatoms. The van der Waals surface area contributed by atoms with E-state index in [-0.39, 0.29) is 5.75 Å². The number of aromatic nitrogens is 2. The van der Waals surface area contributed by atoms with Crippen molar-refractivity contribution in [1.29, 1.82) is 0 Å². The maximum absolute atomic E-state index is 12.2. The molecule has 0 amide bonds. The van der Waals surface area contributed by atoms with E-state index in [9.17, 15) is 4.79 Å². The molecule has 0 aliphatic carbocycles. The molecule has 136 valence electrons. The second-order valence-corrected chi connectivity index (χ2v) is 7.07. The molecule has 0 radical (unpaired) electrons. The molecule has 0 atom stereocenters. The Labute approximate surface area is 155 Å². The molecule has 0 N–H and O–H groups in total. The van der Waals surface area contributed by atoms with Gasteiger partial charge in [0.15, 0.2) is 11.5 Å². The summed E-state index contributed by atoms with van der Waals surface area (Å²) in [5.74, 6) is 0.602. The Bertz CT molecular complexity index is 1140. The largest absolute Gasteiger partial charge is 0.514 e. The average molecular weight is 362 g/mol. The number of hydrogen-bond donors (Lipinski definition) is 0. The van der Waals surface area contributed by atoms with E-state index in [0.29, 0.717) is 22.4 Å². The molecule has 0 aliphatic heterocycles. The third-order valence-electron chi connectivity index (χ3n) is 3.81. The second kappa shape index (κ2) is 6.39. The number of benzene rings is 2. The van der Waals surface area contributed by atoms with Gasteiger partial charge >= 0.3 is 6.16 Å². The summed E-state index contributed by atoms with van der Waals surface area (Å²) >= 11 is 0. The number of furan rings is 1. The average Bonchev–Trinajstić information content (AvgIpc) is 2.98. The fourth-order valence-corrected chi connectivity index (χ4v) is 2.71. The van der Waals surface area contributed by atoms with Crippen molar-refractivity contribution < 1.29 is 18.7 Å². The Hall–Kier alpha value is -3.41. The van der Waals surface area contributed by atoms with E-state index in [1.165, 1.54) is 0 Å². The van der Waals surface area contributed by atoms with Crippen LogP contribution in [-0.4, -0.2) is 21.7 Å². The van der Waals surface area contributed by atoms with Gasteiger partial charge < -0.3 is 13.9 Å². The van der Waals surface area contributed by atoms with Crippen LogP contribution in [0.3, 0.4) is 0 Å². The van der Waals surface area contributed by atoms with Crippen LogP contribution in [0.4, 0.5) is 4.79 Å². The SMILES string of the molecule is CC(C)(C)OC(=O)Oc1c(-c2cnc3ccccc3n2)oc2ccccc12. The van der Waals surface area contributed by atoms with Gasteiger partial charge in [-0.1, -0.05) is 24.3 Å². The molecule has 0 unspecified atom stereocenters. The lowest BCUT2D eigenvalue weighted by molar-refractivity contribution is 0.0209. The number of para-hydroxylation sites is 3. The molecule has 0 bridgehead atoms. The zero-order chi connectivity index (χ0) is 19.0. The van der Waals surface area contributed by atoms with Crippen LogP contribution >= 0.6 is 0 Å². The monoisotopic (exact) mass is 362 g/mol. The molecule has 2 aromatic carbocycles. The first-order chi connectivity index (χ1) is 12.9. The van der Waals surface area contributed by atoms with Gasteiger partial charge in [0, 0.05) is 0 Å². The molecule has 27 heavy (non-hydrogen) atoms. The Morgan fingerprint density at radius 3 is 2.48 bits per heavy atom.